The van der Waals surface area contributed by atoms with Gasteiger partial charge < -0.3 is 5.32 Å². The van der Waals surface area contributed by atoms with Gasteiger partial charge in [-0.3, -0.25) is 0 Å². The molecule has 0 spiro atoms. The number of nitrogens with zero attached hydrogens (tertiary/aromatic N) is 1. The van der Waals surface area contributed by atoms with E-state index in [2.05, 4.69) is 10.3 Å². The van der Waals surface area contributed by atoms with Crippen LogP contribution in [0, 0.1) is 5.82 Å². The number of nitrogens with one attached hydrogen (secondary N) is 1. The Bertz CT molecular complexity index is 592. The summed E-state index contributed by atoms with van der Waals surface area (Å²) in [5.74, 6) is -0.484. The summed E-state index contributed by atoms with van der Waals surface area (Å²) in [5, 5.41) is 2.15. The van der Waals surface area contributed by atoms with Gasteiger partial charge in [0.25, 0.3) is 0 Å². The van der Waals surface area contributed by atoms with Gasteiger partial charge in [0.1, 0.15) is 5.82 Å². The van der Waals surface area contributed by atoms with Gasteiger partial charge in [0, 0.05) is 18.3 Å². The lowest BCUT2D eigenvalue weighted by molar-refractivity contribution is -0.137. The highest BCUT2D eigenvalue weighted by Crippen LogP contribution is 2.37. The van der Waals surface area contributed by atoms with Crippen molar-refractivity contribution in [2.45, 2.75) is 19.6 Å². The van der Waals surface area contributed by atoms with E-state index in [1.165, 1.54) is 12.1 Å². The quantitative estimate of drug-likeness (QED) is 0.861. The maximum Gasteiger partial charge on any atom is 0.443 e. The van der Waals surface area contributed by atoms with Crippen molar-refractivity contribution in [1.29, 1.82) is 0 Å². The third-order valence-corrected chi connectivity index (χ3v) is 3.73. The maximum absolute atomic E-state index is 13.3. The zero-order valence-electron chi connectivity index (χ0n) is 10.6. The number of thiazole rings is 1. The molecule has 0 amide bonds. The first-order valence-corrected chi connectivity index (χ1v) is 6.76. The van der Waals surface area contributed by atoms with E-state index in [-0.39, 0.29) is 0 Å². The lowest BCUT2D eigenvalue weighted by Crippen LogP contribution is -2.12. The second kappa shape index (κ2) is 5.88. The highest BCUT2D eigenvalue weighted by atomic mass is 32.1. The Balaban J connectivity index is 2.40. The van der Waals surface area contributed by atoms with Crippen LogP contribution in [0.25, 0.3) is 10.4 Å². The summed E-state index contributed by atoms with van der Waals surface area (Å²) in [6, 6.07) is 4.10. The summed E-state index contributed by atoms with van der Waals surface area (Å²) >= 11 is 0.519. The van der Waals surface area contributed by atoms with Crippen molar-refractivity contribution in [1.82, 2.24) is 10.3 Å². The molecule has 0 saturated heterocycles. The molecule has 0 fully saturated rings. The molecule has 1 aromatic carbocycles. The molecule has 108 valence electrons. The Kier molecular flexibility index (Phi) is 4.39. The summed E-state index contributed by atoms with van der Waals surface area (Å²) in [4.78, 5) is 3.68. The van der Waals surface area contributed by atoms with Crippen LogP contribution in [0.15, 0.2) is 24.4 Å². The summed E-state index contributed by atoms with van der Waals surface area (Å²) in [5.41, 5.74) is 1.18. The minimum Gasteiger partial charge on any atom is -0.313 e. The van der Waals surface area contributed by atoms with Crippen molar-refractivity contribution in [3.63, 3.8) is 0 Å². The van der Waals surface area contributed by atoms with Gasteiger partial charge in [-0.25, -0.2) is 9.37 Å². The molecule has 1 heterocycles. The van der Waals surface area contributed by atoms with Gasteiger partial charge >= 0.3 is 6.18 Å². The number of benzene rings is 1. The smallest absolute Gasteiger partial charge is 0.313 e. The fourth-order valence-electron chi connectivity index (χ4n) is 1.72. The van der Waals surface area contributed by atoms with Gasteiger partial charge in [0.05, 0.1) is 4.88 Å². The second-order valence-corrected chi connectivity index (χ2v) is 5.14. The van der Waals surface area contributed by atoms with E-state index < -0.39 is 17.0 Å². The number of aromatic nitrogens is 1. The van der Waals surface area contributed by atoms with Crippen LogP contribution in [0.4, 0.5) is 17.6 Å². The monoisotopic (exact) mass is 304 g/mol. The van der Waals surface area contributed by atoms with Crippen LogP contribution < -0.4 is 5.32 Å². The highest BCUT2D eigenvalue weighted by Gasteiger charge is 2.34. The molecule has 1 N–H and O–H groups in total. The highest BCUT2D eigenvalue weighted by molar-refractivity contribution is 7.15. The Morgan fingerprint density at radius 1 is 1.30 bits per heavy atom. The minimum atomic E-state index is -4.47. The maximum atomic E-state index is 13.3. The van der Waals surface area contributed by atoms with Crippen molar-refractivity contribution in [3.05, 3.63) is 40.8 Å². The number of hydrogen-bond acceptors (Lipinski definition) is 3. The third kappa shape index (κ3) is 3.34. The fraction of sp³-hybridized carbons (Fsp3) is 0.308. The van der Waals surface area contributed by atoms with Crippen LogP contribution in [0.2, 0.25) is 0 Å². The van der Waals surface area contributed by atoms with Crippen molar-refractivity contribution >= 4 is 11.3 Å². The lowest BCUT2D eigenvalue weighted by Gasteiger charge is -2.08. The van der Waals surface area contributed by atoms with Crippen LogP contribution in [-0.4, -0.2) is 11.5 Å². The lowest BCUT2D eigenvalue weighted by atomic mass is 10.1. The van der Waals surface area contributed by atoms with Crippen molar-refractivity contribution in [3.8, 4) is 10.4 Å². The van der Waals surface area contributed by atoms with E-state index in [1.807, 2.05) is 6.92 Å². The van der Waals surface area contributed by atoms with Gasteiger partial charge in [-0.1, -0.05) is 13.0 Å². The average Bonchev–Trinajstić information content (AvgIpc) is 2.86. The molecule has 0 aliphatic rings. The topological polar surface area (TPSA) is 24.9 Å². The van der Waals surface area contributed by atoms with E-state index in [0.29, 0.717) is 34.9 Å². The third-order valence-electron chi connectivity index (χ3n) is 2.65. The van der Waals surface area contributed by atoms with E-state index >= 15 is 0 Å². The van der Waals surface area contributed by atoms with Gasteiger partial charge in [0.2, 0.25) is 0 Å². The van der Waals surface area contributed by atoms with Crippen LogP contribution in [-0.2, 0) is 12.7 Å². The van der Waals surface area contributed by atoms with E-state index in [9.17, 15) is 17.6 Å². The zero-order chi connectivity index (χ0) is 14.8. The number of hydrogen-bond donors (Lipinski definition) is 1. The summed E-state index contributed by atoms with van der Waals surface area (Å²) in [6.07, 6.45) is -3.34. The Morgan fingerprint density at radius 2 is 2.05 bits per heavy atom. The van der Waals surface area contributed by atoms with Gasteiger partial charge in [-0.05, 0) is 24.2 Å². The molecule has 1 aromatic heterocycles. The largest absolute Gasteiger partial charge is 0.443 e. The summed E-state index contributed by atoms with van der Waals surface area (Å²) in [7, 11) is 0. The molecule has 0 unspecified atom stereocenters. The molecule has 0 atom stereocenters. The van der Waals surface area contributed by atoms with Crippen LogP contribution in [0.3, 0.4) is 0 Å². The molecule has 0 bridgehead atoms. The predicted molar refractivity (Wildman–Crippen MR) is 69.9 cm³/mol. The first kappa shape index (κ1) is 14.9. The SMILES string of the molecule is CCNCc1ccc(F)cc1-c1cnc(C(F)(F)F)s1. The summed E-state index contributed by atoms with van der Waals surface area (Å²) < 4.78 is 51.0. The number of rotatable bonds is 4. The molecular weight excluding hydrogens is 292 g/mol. The zero-order valence-corrected chi connectivity index (χ0v) is 11.4. The summed E-state index contributed by atoms with van der Waals surface area (Å²) in [6.45, 7) is 3.09. The normalized spacial score (nSPS) is 11.8. The van der Waals surface area contributed by atoms with Crippen LogP contribution in [0.5, 0.6) is 0 Å². The molecular formula is C13H12F4N2S. The molecule has 7 heteroatoms. The number of halogens is 4. The second-order valence-electron chi connectivity index (χ2n) is 4.11. The first-order valence-electron chi connectivity index (χ1n) is 5.94. The molecule has 0 aliphatic heterocycles. The minimum absolute atomic E-state index is 0.310. The Morgan fingerprint density at radius 3 is 2.65 bits per heavy atom. The Hall–Kier alpha value is -1.47. The fourth-order valence-corrected chi connectivity index (χ4v) is 2.56. The van der Waals surface area contributed by atoms with Gasteiger partial charge in [0.15, 0.2) is 5.01 Å². The molecule has 2 aromatic rings. The van der Waals surface area contributed by atoms with E-state index in [4.69, 9.17) is 0 Å². The first-order chi connectivity index (χ1) is 9.41. The van der Waals surface area contributed by atoms with Gasteiger partial charge in [-0.2, -0.15) is 13.2 Å². The molecule has 2 rings (SSSR count). The molecule has 0 radical (unpaired) electrons. The average molecular weight is 304 g/mol. The van der Waals surface area contributed by atoms with Crippen LogP contribution in [0.1, 0.15) is 17.5 Å². The van der Waals surface area contributed by atoms with Crippen molar-refractivity contribution < 1.29 is 17.6 Å². The molecule has 0 aliphatic carbocycles. The van der Waals surface area contributed by atoms with E-state index in [0.717, 1.165) is 11.8 Å². The standard InChI is InChI=1S/C13H12F4N2S/c1-2-18-6-8-3-4-9(14)5-10(8)11-7-19-12(20-11)13(15,16)17/h3-5,7,18H,2,6H2,1H3. The predicted octanol–water partition coefficient (Wildman–Crippen LogP) is 4.08. The number of alkyl halides is 3. The van der Waals surface area contributed by atoms with E-state index in [1.54, 1.807) is 6.07 Å². The van der Waals surface area contributed by atoms with Gasteiger partial charge in [-0.15, -0.1) is 11.3 Å². The van der Waals surface area contributed by atoms with Crippen molar-refractivity contribution in [2.75, 3.05) is 6.54 Å². The van der Waals surface area contributed by atoms with Crippen LogP contribution >= 0.6 is 11.3 Å². The Labute approximate surface area is 117 Å². The van der Waals surface area contributed by atoms with Crippen molar-refractivity contribution in [2.24, 2.45) is 0 Å². The molecule has 20 heavy (non-hydrogen) atoms. The molecule has 2 nitrogen and oxygen atoms in total. The molecule has 0 saturated carbocycles.